The minimum absolute atomic E-state index is 0.127. The quantitative estimate of drug-likeness (QED) is 0.583. The van der Waals surface area contributed by atoms with Crippen LogP contribution in [0.4, 0.5) is 0 Å². The Balaban J connectivity index is 2.32. The highest BCUT2D eigenvalue weighted by Gasteiger charge is 2.19. The molecule has 120 valence electrons. The molecule has 6 heteroatoms. The van der Waals surface area contributed by atoms with Crippen LogP contribution >= 0.6 is 15.9 Å². The molecule has 2 aromatic rings. The molecule has 0 aromatic heterocycles. The number of ether oxygens (including phenoxy) is 3. The van der Waals surface area contributed by atoms with Crippen molar-refractivity contribution in [2.24, 2.45) is 0 Å². The summed E-state index contributed by atoms with van der Waals surface area (Å²) in [5.41, 5.74) is 0.442. The topological polar surface area (TPSA) is 61.8 Å². The Morgan fingerprint density at radius 3 is 2.43 bits per heavy atom. The molecule has 0 saturated carbocycles. The van der Waals surface area contributed by atoms with Gasteiger partial charge in [0.1, 0.15) is 22.6 Å². The SMILES string of the molecule is CCOC(=O)c1cc(Br)ccc1OC(=O)c1ccccc1OC. The molecule has 0 N–H and O–H groups in total. The summed E-state index contributed by atoms with van der Waals surface area (Å²) in [5, 5.41) is 0. The van der Waals surface area contributed by atoms with Gasteiger partial charge in [-0.15, -0.1) is 0 Å². The van der Waals surface area contributed by atoms with Gasteiger partial charge in [0.05, 0.1) is 13.7 Å². The highest BCUT2D eigenvalue weighted by Crippen LogP contribution is 2.26. The average molecular weight is 379 g/mol. The van der Waals surface area contributed by atoms with Crippen LogP contribution in [0.1, 0.15) is 27.6 Å². The van der Waals surface area contributed by atoms with E-state index < -0.39 is 11.9 Å². The van der Waals surface area contributed by atoms with E-state index >= 15 is 0 Å². The van der Waals surface area contributed by atoms with Gasteiger partial charge >= 0.3 is 11.9 Å². The number of para-hydroxylation sites is 1. The normalized spacial score (nSPS) is 10.0. The number of hydrogen-bond acceptors (Lipinski definition) is 5. The van der Waals surface area contributed by atoms with Gasteiger partial charge in [0.15, 0.2) is 0 Å². The first-order valence-electron chi connectivity index (χ1n) is 6.88. The largest absolute Gasteiger partial charge is 0.496 e. The molecule has 2 rings (SSSR count). The monoisotopic (exact) mass is 378 g/mol. The van der Waals surface area contributed by atoms with Crippen LogP contribution in [0.5, 0.6) is 11.5 Å². The van der Waals surface area contributed by atoms with E-state index in [1.807, 2.05) is 0 Å². The van der Waals surface area contributed by atoms with Crippen LogP contribution in [0.2, 0.25) is 0 Å². The summed E-state index contributed by atoms with van der Waals surface area (Å²) in [6, 6.07) is 11.4. The van der Waals surface area contributed by atoms with Crippen molar-refractivity contribution in [1.82, 2.24) is 0 Å². The van der Waals surface area contributed by atoms with Gasteiger partial charge in [-0.2, -0.15) is 0 Å². The summed E-state index contributed by atoms with van der Waals surface area (Å²) in [6.45, 7) is 1.93. The predicted molar refractivity (Wildman–Crippen MR) is 88.1 cm³/mol. The number of halogens is 1. The van der Waals surface area contributed by atoms with Crippen LogP contribution < -0.4 is 9.47 Å². The number of carbonyl (C=O) groups excluding carboxylic acids is 2. The summed E-state index contributed by atoms with van der Waals surface area (Å²) in [7, 11) is 1.47. The number of carbonyl (C=O) groups is 2. The number of rotatable bonds is 5. The molecule has 0 heterocycles. The first-order chi connectivity index (χ1) is 11.1. The molecule has 5 nitrogen and oxygen atoms in total. The van der Waals surface area contributed by atoms with Crippen molar-refractivity contribution in [3.63, 3.8) is 0 Å². The number of hydrogen-bond donors (Lipinski definition) is 0. The maximum absolute atomic E-state index is 12.3. The minimum Gasteiger partial charge on any atom is -0.496 e. The number of benzene rings is 2. The molecule has 0 aliphatic carbocycles. The smallest absolute Gasteiger partial charge is 0.347 e. The lowest BCUT2D eigenvalue weighted by Crippen LogP contribution is -2.14. The zero-order valence-corrected chi connectivity index (χ0v) is 14.3. The molecule has 0 fully saturated rings. The van der Waals surface area contributed by atoms with Gasteiger partial charge in [-0.05, 0) is 37.3 Å². The van der Waals surface area contributed by atoms with Crippen LogP contribution in [-0.4, -0.2) is 25.7 Å². The Labute approximate surface area is 142 Å². The predicted octanol–water partition coefficient (Wildman–Crippen LogP) is 3.85. The van der Waals surface area contributed by atoms with Gasteiger partial charge in [-0.1, -0.05) is 28.1 Å². The summed E-state index contributed by atoms with van der Waals surface area (Å²) in [5.74, 6) is -0.651. The Morgan fingerprint density at radius 1 is 1.00 bits per heavy atom. The second kappa shape index (κ2) is 7.78. The van der Waals surface area contributed by atoms with Crippen molar-refractivity contribution in [2.45, 2.75) is 6.92 Å². The van der Waals surface area contributed by atoms with Gasteiger partial charge in [-0.3, -0.25) is 0 Å². The second-order valence-corrected chi connectivity index (χ2v) is 5.37. The highest BCUT2D eigenvalue weighted by atomic mass is 79.9. The fourth-order valence-electron chi connectivity index (χ4n) is 1.93. The highest BCUT2D eigenvalue weighted by molar-refractivity contribution is 9.10. The van der Waals surface area contributed by atoms with E-state index in [-0.39, 0.29) is 23.5 Å². The van der Waals surface area contributed by atoms with Gasteiger partial charge in [-0.25, -0.2) is 9.59 Å². The van der Waals surface area contributed by atoms with Crippen molar-refractivity contribution in [2.75, 3.05) is 13.7 Å². The van der Waals surface area contributed by atoms with Crippen molar-refractivity contribution in [3.05, 3.63) is 58.1 Å². The Bertz CT molecular complexity index is 727. The minimum atomic E-state index is -0.615. The van der Waals surface area contributed by atoms with Crippen molar-refractivity contribution in [1.29, 1.82) is 0 Å². The van der Waals surface area contributed by atoms with Gasteiger partial charge in [0.25, 0.3) is 0 Å². The summed E-state index contributed by atoms with van der Waals surface area (Å²) >= 11 is 3.28. The van der Waals surface area contributed by atoms with Crippen LogP contribution in [0.3, 0.4) is 0 Å². The van der Waals surface area contributed by atoms with Crippen LogP contribution in [-0.2, 0) is 4.74 Å². The standard InChI is InChI=1S/C17H15BrO5/c1-3-22-16(19)13-10-11(18)8-9-15(13)23-17(20)12-6-4-5-7-14(12)21-2/h4-10H,3H2,1-2H3. The third-order valence-electron chi connectivity index (χ3n) is 2.97. The molecule has 0 atom stereocenters. The Kier molecular flexibility index (Phi) is 5.76. The zero-order chi connectivity index (χ0) is 16.8. The maximum atomic E-state index is 12.3. The van der Waals surface area contributed by atoms with E-state index in [1.54, 1.807) is 43.3 Å². The van der Waals surface area contributed by atoms with Crippen LogP contribution in [0.25, 0.3) is 0 Å². The third kappa shape index (κ3) is 4.10. The van der Waals surface area contributed by atoms with Crippen molar-refractivity contribution >= 4 is 27.9 Å². The lowest BCUT2D eigenvalue weighted by atomic mass is 10.2. The van der Waals surface area contributed by atoms with Crippen LogP contribution in [0.15, 0.2) is 46.9 Å². The molecule has 0 bridgehead atoms. The summed E-state index contributed by atoms with van der Waals surface area (Å²) in [6.07, 6.45) is 0. The fourth-order valence-corrected chi connectivity index (χ4v) is 2.29. The zero-order valence-electron chi connectivity index (χ0n) is 12.7. The average Bonchev–Trinajstić information content (AvgIpc) is 2.56. The number of esters is 2. The molecule has 0 amide bonds. The van der Waals surface area contributed by atoms with E-state index in [1.165, 1.54) is 13.2 Å². The molecule has 23 heavy (non-hydrogen) atoms. The van der Waals surface area contributed by atoms with Gasteiger partial charge in [0, 0.05) is 4.47 Å². The lowest BCUT2D eigenvalue weighted by molar-refractivity contribution is 0.0520. The lowest BCUT2D eigenvalue weighted by Gasteiger charge is -2.11. The number of methoxy groups -OCH3 is 1. The Hall–Kier alpha value is -2.34. The molecule has 0 aliphatic heterocycles. The van der Waals surface area contributed by atoms with Crippen molar-refractivity contribution < 1.29 is 23.8 Å². The van der Waals surface area contributed by atoms with Crippen molar-refractivity contribution in [3.8, 4) is 11.5 Å². The first kappa shape index (κ1) is 17.0. The Morgan fingerprint density at radius 2 is 1.74 bits per heavy atom. The molecule has 0 spiro atoms. The second-order valence-electron chi connectivity index (χ2n) is 4.45. The fraction of sp³-hybridized carbons (Fsp3) is 0.176. The maximum Gasteiger partial charge on any atom is 0.347 e. The van der Waals surface area contributed by atoms with Gasteiger partial charge < -0.3 is 14.2 Å². The van der Waals surface area contributed by atoms with E-state index in [9.17, 15) is 9.59 Å². The van der Waals surface area contributed by atoms with E-state index in [0.717, 1.165) is 0 Å². The molecule has 0 unspecified atom stereocenters. The molecular formula is C17H15BrO5. The molecule has 0 aliphatic rings. The molecular weight excluding hydrogens is 364 g/mol. The first-order valence-corrected chi connectivity index (χ1v) is 7.68. The third-order valence-corrected chi connectivity index (χ3v) is 3.46. The van der Waals surface area contributed by atoms with E-state index in [0.29, 0.717) is 10.2 Å². The van der Waals surface area contributed by atoms with Gasteiger partial charge in [0.2, 0.25) is 0 Å². The molecule has 0 saturated heterocycles. The summed E-state index contributed by atoms with van der Waals surface area (Å²) in [4.78, 5) is 24.3. The molecule has 0 radical (unpaired) electrons. The molecule has 2 aromatic carbocycles. The summed E-state index contributed by atoms with van der Waals surface area (Å²) < 4.78 is 16.2. The van der Waals surface area contributed by atoms with E-state index in [4.69, 9.17) is 14.2 Å². The van der Waals surface area contributed by atoms with Crippen LogP contribution in [0, 0.1) is 0 Å². The van der Waals surface area contributed by atoms with E-state index in [2.05, 4.69) is 15.9 Å².